The number of carbonyl (C=O) groups excluding carboxylic acids is 3. The number of likely N-dealkylation sites (N-methyl/N-ethyl adjacent to an activating group) is 1. The molecule has 0 heterocycles. The van der Waals surface area contributed by atoms with E-state index in [2.05, 4.69) is 62.5 Å². The Labute approximate surface area is 369 Å². The van der Waals surface area contributed by atoms with E-state index in [9.17, 15) is 19.5 Å². The normalized spacial score (nSPS) is 13.3. The van der Waals surface area contributed by atoms with Gasteiger partial charge in [0, 0.05) is 19.3 Å². The first kappa shape index (κ1) is 57.3. The van der Waals surface area contributed by atoms with E-state index in [1.165, 1.54) is 103 Å². The Morgan fingerprint density at radius 3 is 1.33 bits per heavy atom. The Kier molecular flexibility index (Phi) is 41.0. The number of esters is 2. The second-order valence-electron chi connectivity index (χ2n) is 17.7. The lowest BCUT2D eigenvalue weighted by Crippen LogP contribution is -2.55. The molecule has 0 aromatic rings. The van der Waals surface area contributed by atoms with Crippen LogP contribution >= 0.6 is 0 Å². The van der Waals surface area contributed by atoms with E-state index in [1.807, 2.05) is 0 Å². The van der Waals surface area contributed by atoms with Gasteiger partial charge >= 0.3 is 11.9 Å². The molecule has 0 N–H and O–H groups in total. The van der Waals surface area contributed by atoms with Crippen molar-refractivity contribution in [2.75, 3.05) is 41.0 Å². The third-order valence-electron chi connectivity index (χ3n) is 11.0. The molecule has 0 radical (unpaired) electrons. The lowest BCUT2D eigenvalue weighted by molar-refractivity contribution is -0.889. The van der Waals surface area contributed by atoms with E-state index in [-0.39, 0.29) is 42.7 Å². The maximum absolute atomic E-state index is 12.7. The van der Waals surface area contributed by atoms with Crippen LogP contribution in [0.3, 0.4) is 0 Å². The fourth-order valence-electron chi connectivity index (χ4n) is 7.11. The van der Waals surface area contributed by atoms with Crippen LogP contribution in [-0.2, 0) is 28.6 Å². The van der Waals surface area contributed by atoms with Crippen LogP contribution in [0.2, 0.25) is 0 Å². The lowest BCUT2D eigenvalue weighted by Gasteiger charge is -2.34. The number of rotatable bonds is 44. The summed E-state index contributed by atoms with van der Waals surface area (Å²) in [6.07, 6.45) is 51.3. The highest BCUT2D eigenvalue weighted by Crippen LogP contribution is 2.15. The van der Waals surface area contributed by atoms with E-state index >= 15 is 0 Å². The topological polar surface area (TPSA) is 102 Å². The maximum atomic E-state index is 12.7. The van der Waals surface area contributed by atoms with Gasteiger partial charge in [0.25, 0.3) is 0 Å². The summed E-state index contributed by atoms with van der Waals surface area (Å²) in [4.78, 5) is 37.0. The first-order valence-corrected chi connectivity index (χ1v) is 24.7. The van der Waals surface area contributed by atoms with E-state index in [1.54, 1.807) is 21.1 Å². The zero-order valence-corrected chi connectivity index (χ0v) is 39.6. The number of ether oxygens (including phenoxy) is 3. The van der Waals surface area contributed by atoms with Gasteiger partial charge in [-0.1, -0.05) is 184 Å². The van der Waals surface area contributed by atoms with Crippen LogP contribution in [0.4, 0.5) is 0 Å². The molecule has 8 nitrogen and oxygen atoms in total. The second kappa shape index (κ2) is 43.0. The number of unbranched alkanes of at least 4 members (excludes halogenated alkanes) is 22. The Morgan fingerprint density at radius 1 is 0.500 bits per heavy atom. The number of allylic oxidation sites excluding steroid dienone is 8. The predicted octanol–water partition coefficient (Wildman–Crippen LogP) is 12.6. The predicted molar refractivity (Wildman–Crippen MR) is 250 cm³/mol. The molecule has 0 saturated heterocycles. The number of hydrogen-bond acceptors (Lipinski definition) is 7. The van der Waals surface area contributed by atoms with Gasteiger partial charge in [-0.2, -0.15) is 0 Å². The summed E-state index contributed by atoms with van der Waals surface area (Å²) in [5.74, 6) is -1.75. The molecule has 0 saturated carbocycles. The molecule has 60 heavy (non-hydrogen) atoms. The van der Waals surface area contributed by atoms with Crippen molar-refractivity contribution in [2.45, 2.75) is 225 Å². The van der Waals surface area contributed by atoms with Crippen LogP contribution in [0.5, 0.6) is 0 Å². The molecule has 0 aliphatic rings. The third-order valence-corrected chi connectivity index (χ3v) is 11.0. The SMILES string of the molecule is CCCCC/C=C/C/C=C/C/C=C/C/C=C/CCCCCCCC(=O)OCC(COCCC(C(=O)[O-])[N+](C)(C)C)OC(=O)CCCCCCCCCCCCCCCCC. The van der Waals surface area contributed by atoms with Gasteiger partial charge < -0.3 is 28.6 Å². The number of carboxylic acids is 1. The van der Waals surface area contributed by atoms with E-state index < -0.39 is 18.1 Å². The largest absolute Gasteiger partial charge is 0.544 e. The lowest BCUT2D eigenvalue weighted by atomic mass is 10.0. The average Bonchev–Trinajstić information content (AvgIpc) is 3.21. The molecule has 0 fully saturated rings. The summed E-state index contributed by atoms with van der Waals surface area (Å²) >= 11 is 0. The maximum Gasteiger partial charge on any atom is 0.306 e. The van der Waals surface area contributed by atoms with E-state index in [0.29, 0.717) is 12.8 Å². The van der Waals surface area contributed by atoms with E-state index in [0.717, 1.165) is 77.0 Å². The van der Waals surface area contributed by atoms with Gasteiger partial charge in [-0.25, -0.2) is 0 Å². The third kappa shape index (κ3) is 40.7. The van der Waals surface area contributed by atoms with Crippen molar-refractivity contribution in [2.24, 2.45) is 0 Å². The minimum atomic E-state index is -1.13. The molecule has 8 heteroatoms. The molecule has 0 aromatic carbocycles. The highest BCUT2D eigenvalue weighted by molar-refractivity contribution is 5.70. The quantitative estimate of drug-likeness (QED) is 0.0260. The standard InChI is InChI=1S/C52H93NO7/c1-6-8-10-12-14-16-18-20-22-23-24-25-26-27-29-30-32-34-36-38-40-42-50(54)59-47-48(46-58-45-44-49(52(56)57)53(3,4)5)60-51(55)43-41-39-37-35-33-31-28-21-19-17-15-13-11-9-7-2/h14,16,20,22,24-25,27,29,48-49H,6-13,15,17-19,21,23,26,28,30-47H2,1-5H3/b16-14+,22-20+,25-24+,29-27+. The van der Waals surface area contributed by atoms with Crippen molar-refractivity contribution < 1.29 is 38.2 Å². The van der Waals surface area contributed by atoms with Crippen molar-refractivity contribution in [3.8, 4) is 0 Å². The Hall–Kier alpha value is -2.71. The molecule has 0 spiro atoms. The zero-order chi connectivity index (χ0) is 44.2. The van der Waals surface area contributed by atoms with Crippen molar-refractivity contribution in [1.29, 1.82) is 0 Å². The molecule has 0 aliphatic heterocycles. The highest BCUT2D eigenvalue weighted by atomic mass is 16.6. The van der Waals surface area contributed by atoms with Crippen molar-refractivity contribution in [3.63, 3.8) is 0 Å². The van der Waals surface area contributed by atoms with Gasteiger partial charge in [-0.15, -0.1) is 0 Å². The van der Waals surface area contributed by atoms with Gasteiger partial charge in [0.1, 0.15) is 12.6 Å². The Morgan fingerprint density at radius 2 is 0.883 bits per heavy atom. The van der Waals surface area contributed by atoms with Gasteiger partial charge in [0.2, 0.25) is 0 Å². The first-order chi connectivity index (χ1) is 29.1. The number of aliphatic carboxylic acids is 1. The number of carbonyl (C=O) groups is 3. The minimum absolute atomic E-state index is 0.0359. The summed E-state index contributed by atoms with van der Waals surface area (Å²) in [5, 5.41) is 11.6. The van der Waals surface area contributed by atoms with Crippen LogP contribution in [-0.4, -0.2) is 75.5 Å². The summed E-state index contributed by atoms with van der Waals surface area (Å²) in [5.41, 5.74) is 0. The molecule has 2 unspecified atom stereocenters. The van der Waals surface area contributed by atoms with E-state index in [4.69, 9.17) is 14.2 Å². The molecule has 0 aromatic heterocycles. The van der Waals surface area contributed by atoms with Gasteiger partial charge in [0.15, 0.2) is 6.10 Å². The average molecular weight is 844 g/mol. The molecule has 0 amide bonds. The molecule has 0 rings (SSSR count). The number of carboxylic acid groups (broad SMARTS) is 1. The van der Waals surface area contributed by atoms with Crippen LogP contribution in [0.25, 0.3) is 0 Å². The zero-order valence-electron chi connectivity index (χ0n) is 39.6. The smallest absolute Gasteiger partial charge is 0.306 e. The number of quaternary nitrogens is 1. The summed E-state index contributed by atoms with van der Waals surface area (Å²) in [6, 6.07) is -0.728. The second-order valence-corrected chi connectivity index (χ2v) is 17.7. The molecular formula is C52H93NO7. The molecule has 2 atom stereocenters. The van der Waals surface area contributed by atoms with Crippen LogP contribution in [0, 0.1) is 0 Å². The van der Waals surface area contributed by atoms with Crippen molar-refractivity contribution >= 4 is 17.9 Å². The van der Waals surface area contributed by atoms with Gasteiger partial charge in [-0.3, -0.25) is 9.59 Å². The Bertz CT molecular complexity index is 1120. The molecular weight excluding hydrogens is 751 g/mol. The van der Waals surface area contributed by atoms with Crippen LogP contribution < -0.4 is 5.11 Å². The fraction of sp³-hybridized carbons (Fsp3) is 0.788. The molecule has 0 bridgehead atoms. The summed E-state index contributed by atoms with van der Waals surface area (Å²) < 4.78 is 17.2. The minimum Gasteiger partial charge on any atom is -0.544 e. The highest BCUT2D eigenvalue weighted by Gasteiger charge is 2.25. The van der Waals surface area contributed by atoms with Crippen LogP contribution in [0.15, 0.2) is 48.6 Å². The van der Waals surface area contributed by atoms with Crippen molar-refractivity contribution in [1.82, 2.24) is 0 Å². The Balaban J connectivity index is 4.30. The van der Waals surface area contributed by atoms with Gasteiger partial charge in [-0.05, 0) is 57.8 Å². The number of hydrogen-bond donors (Lipinski definition) is 0. The molecule has 348 valence electrons. The van der Waals surface area contributed by atoms with Crippen LogP contribution in [0.1, 0.15) is 213 Å². The summed E-state index contributed by atoms with van der Waals surface area (Å²) in [6.45, 7) is 4.63. The number of nitrogens with zero attached hydrogens (tertiary/aromatic N) is 1. The fourth-order valence-corrected chi connectivity index (χ4v) is 7.11. The monoisotopic (exact) mass is 844 g/mol. The van der Waals surface area contributed by atoms with Crippen molar-refractivity contribution in [3.05, 3.63) is 48.6 Å². The van der Waals surface area contributed by atoms with Gasteiger partial charge in [0.05, 0.1) is 40.3 Å². The summed E-state index contributed by atoms with van der Waals surface area (Å²) in [7, 11) is 5.41. The molecule has 0 aliphatic carbocycles. The first-order valence-electron chi connectivity index (χ1n) is 24.7.